The van der Waals surface area contributed by atoms with E-state index in [2.05, 4.69) is 69.6 Å². The van der Waals surface area contributed by atoms with E-state index < -0.39 is 0 Å². The van der Waals surface area contributed by atoms with E-state index in [1.807, 2.05) is 31.6 Å². The summed E-state index contributed by atoms with van der Waals surface area (Å²) in [4.78, 5) is 21.3. The Kier molecular flexibility index (Phi) is 4.01. The molecule has 0 aliphatic heterocycles. The van der Waals surface area contributed by atoms with E-state index in [9.17, 15) is 0 Å². The van der Waals surface area contributed by atoms with E-state index in [4.69, 9.17) is 15.0 Å². The van der Waals surface area contributed by atoms with Gasteiger partial charge in [-0.25, -0.2) is 9.97 Å². The summed E-state index contributed by atoms with van der Waals surface area (Å²) in [5.41, 5.74) is 7.24. The molecule has 0 saturated heterocycles. The van der Waals surface area contributed by atoms with Gasteiger partial charge in [0.15, 0.2) is 0 Å². The number of aromatic nitrogens is 7. The molecule has 2 N–H and O–H groups in total. The van der Waals surface area contributed by atoms with Gasteiger partial charge in [-0.2, -0.15) is 10.2 Å². The van der Waals surface area contributed by atoms with Crippen LogP contribution in [0.4, 0.5) is 0 Å². The average molecular weight is 480 g/mol. The van der Waals surface area contributed by atoms with Gasteiger partial charge in [0.05, 0.1) is 40.0 Å². The maximum atomic E-state index is 4.84. The molecule has 37 heavy (non-hydrogen) atoms. The van der Waals surface area contributed by atoms with Crippen molar-refractivity contribution >= 4 is 65.3 Å². The van der Waals surface area contributed by atoms with Crippen molar-refractivity contribution in [3.05, 3.63) is 78.8 Å². The molecule has 0 aliphatic carbocycles. The van der Waals surface area contributed by atoms with Crippen LogP contribution in [-0.4, -0.2) is 35.1 Å². The number of benzene rings is 4. The summed E-state index contributed by atoms with van der Waals surface area (Å²) in [5, 5.41) is 16.0. The lowest BCUT2D eigenvalue weighted by Crippen LogP contribution is -1.88. The Morgan fingerprint density at radius 2 is 1.35 bits per heavy atom. The fourth-order valence-corrected chi connectivity index (χ4v) is 5.70. The first-order valence-electron chi connectivity index (χ1n) is 12.4. The fourth-order valence-electron chi connectivity index (χ4n) is 5.70. The molecule has 0 amide bonds. The highest BCUT2D eigenvalue weighted by atomic mass is 15.1. The molecule has 4 heterocycles. The summed E-state index contributed by atoms with van der Waals surface area (Å²) in [6.07, 6.45) is 6.35. The molecule has 0 unspecified atom stereocenters. The van der Waals surface area contributed by atoms with Gasteiger partial charge in [-0.3, -0.25) is 4.98 Å². The van der Waals surface area contributed by atoms with Crippen LogP contribution in [0.2, 0.25) is 0 Å². The van der Waals surface area contributed by atoms with Gasteiger partial charge >= 0.3 is 0 Å². The monoisotopic (exact) mass is 479 g/mol. The van der Waals surface area contributed by atoms with Gasteiger partial charge < -0.3 is 9.97 Å². The van der Waals surface area contributed by atoms with E-state index in [0.717, 1.165) is 94.5 Å². The van der Waals surface area contributed by atoms with Crippen molar-refractivity contribution in [3.8, 4) is 11.1 Å². The zero-order valence-electron chi connectivity index (χ0n) is 20.3. The number of aryl methyl sites for hydroxylation is 2. The maximum absolute atomic E-state index is 4.84. The smallest absolute Gasteiger partial charge is 0.106 e. The van der Waals surface area contributed by atoms with Gasteiger partial charge in [0, 0.05) is 44.9 Å². The molecular formula is C30H21N7. The first kappa shape index (κ1) is 20.3. The van der Waals surface area contributed by atoms with Crippen molar-refractivity contribution in [2.24, 2.45) is 0 Å². The van der Waals surface area contributed by atoms with E-state index in [1.54, 1.807) is 0 Å². The first-order chi connectivity index (χ1) is 18.2. The second kappa shape index (κ2) is 7.30. The van der Waals surface area contributed by atoms with Crippen LogP contribution < -0.4 is 0 Å². The van der Waals surface area contributed by atoms with Gasteiger partial charge in [0.1, 0.15) is 11.6 Å². The standard InChI is InChI=1S/C30H21N7/c1-3-25-36-28-18-8-6-16(11-21(18)23-13-32-33-14-24(23)30(28)37-25)17-7-9-19-22(12-17)26-20(5-4-10-31-26)29-27(19)34-15(2)35-29/h4-14H,3H2,1-2H3,(H,34,35)(H,36,37). The molecule has 176 valence electrons. The minimum atomic E-state index is 0.844. The third-order valence-electron chi connectivity index (χ3n) is 7.41. The molecule has 0 radical (unpaired) electrons. The number of hydrogen-bond donors (Lipinski definition) is 2. The topological polar surface area (TPSA) is 96.0 Å². The van der Waals surface area contributed by atoms with Crippen LogP contribution in [0.5, 0.6) is 0 Å². The van der Waals surface area contributed by atoms with Gasteiger partial charge in [-0.15, -0.1) is 0 Å². The van der Waals surface area contributed by atoms with E-state index in [1.165, 1.54) is 0 Å². The second-order valence-electron chi connectivity index (χ2n) is 9.54. The molecule has 7 nitrogen and oxygen atoms in total. The molecule has 0 atom stereocenters. The number of aromatic amines is 2. The average Bonchev–Trinajstić information content (AvgIpc) is 3.57. The molecule has 8 rings (SSSR count). The van der Waals surface area contributed by atoms with Gasteiger partial charge in [0.2, 0.25) is 0 Å². The molecule has 8 aromatic rings. The summed E-state index contributed by atoms with van der Waals surface area (Å²) >= 11 is 0. The van der Waals surface area contributed by atoms with Gasteiger partial charge in [-0.05, 0) is 47.7 Å². The summed E-state index contributed by atoms with van der Waals surface area (Å²) in [5.74, 6) is 1.87. The highest BCUT2D eigenvalue weighted by molar-refractivity contribution is 6.24. The normalized spacial score (nSPS) is 12.2. The van der Waals surface area contributed by atoms with Crippen molar-refractivity contribution < 1.29 is 0 Å². The number of imidazole rings is 2. The summed E-state index contributed by atoms with van der Waals surface area (Å²) in [6, 6.07) is 17.3. The van der Waals surface area contributed by atoms with Crippen molar-refractivity contribution in [3.63, 3.8) is 0 Å². The van der Waals surface area contributed by atoms with Gasteiger partial charge in [0.25, 0.3) is 0 Å². The lowest BCUT2D eigenvalue weighted by molar-refractivity contribution is 1.00. The number of nitrogens with one attached hydrogen (secondary N) is 2. The van der Waals surface area contributed by atoms with Crippen molar-refractivity contribution in [1.29, 1.82) is 0 Å². The molecule has 7 heteroatoms. The summed E-state index contributed by atoms with van der Waals surface area (Å²) < 4.78 is 0. The molecule has 0 aliphatic rings. The predicted molar refractivity (Wildman–Crippen MR) is 149 cm³/mol. The highest BCUT2D eigenvalue weighted by Crippen LogP contribution is 2.38. The Hall–Kier alpha value is -4.91. The Morgan fingerprint density at radius 1 is 0.649 bits per heavy atom. The molecular weight excluding hydrogens is 458 g/mol. The number of H-pyrrole nitrogens is 2. The lowest BCUT2D eigenvalue weighted by Gasteiger charge is -2.10. The van der Waals surface area contributed by atoms with Gasteiger partial charge in [-0.1, -0.05) is 31.2 Å². The molecule has 0 spiro atoms. The maximum Gasteiger partial charge on any atom is 0.106 e. The Balaban J connectivity index is 1.43. The number of fused-ring (bicyclic) bond motifs is 12. The second-order valence-corrected chi connectivity index (χ2v) is 9.54. The highest BCUT2D eigenvalue weighted by Gasteiger charge is 2.16. The van der Waals surface area contributed by atoms with Crippen LogP contribution in [0.1, 0.15) is 18.6 Å². The molecule has 0 bridgehead atoms. The lowest BCUT2D eigenvalue weighted by atomic mass is 9.95. The first-order valence-corrected chi connectivity index (χ1v) is 12.4. The fraction of sp³-hybridized carbons (Fsp3) is 0.100. The third kappa shape index (κ3) is 2.79. The Labute approximate surface area is 210 Å². The predicted octanol–water partition coefficient (Wildman–Crippen LogP) is 6.77. The van der Waals surface area contributed by atoms with Crippen LogP contribution in [0.3, 0.4) is 0 Å². The minimum Gasteiger partial charge on any atom is -0.342 e. The van der Waals surface area contributed by atoms with Crippen molar-refractivity contribution in [2.75, 3.05) is 0 Å². The van der Waals surface area contributed by atoms with Crippen LogP contribution in [-0.2, 0) is 6.42 Å². The molecule has 4 aromatic heterocycles. The number of hydrogen-bond acceptors (Lipinski definition) is 5. The number of rotatable bonds is 2. The summed E-state index contributed by atoms with van der Waals surface area (Å²) in [7, 11) is 0. The zero-order valence-corrected chi connectivity index (χ0v) is 20.3. The SMILES string of the molecule is CCc1nc2c3cnncc3c3cc(-c4ccc5c(c4)c4ncccc4c4nc(C)[nH]c54)ccc3c2[nH]1. The van der Waals surface area contributed by atoms with Crippen LogP contribution in [0, 0.1) is 6.92 Å². The Morgan fingerprint density at radius 3 is 2.16 bits per heavy atom. The van der Waals surface area contributed by atoms with E-state index in [0.29, 0.717) is 0 Å². The van der Waals surface area contributed by atoms with Crippen LogP contribution in [0.25, 0.3) is 76.4 Å². The largest absolute Gasteiger partial charge is 0.342 e. The van der Waals surface area contributed by atoms with Crippen molar-refractivity contribution in [2.45, 2.75) is 20.3 Å². The number of nitrogens with zero attached hydrogens (tertiary/aromatic N) is 5. The third-order valence-corrected chi connectivity index (χ3v) is 7.41. The van der Waals surface area contributed by atoms with E-state index >= 15 is 0 Å². The minimum absolute atomic E-state index is 0.844. The van der Waals surface area contributed by atoms with Crippen LogP contribution in [0.15, 0.2) is 67.1 Å². The molecule has 4 aromatic carbocycles. The summed E-state index contributed by atoms with van der Waals surface area (Å²) in [6.45, 7) is 4.10. The quantitative estimate of drug-likeness (QED) is 0.267. The van der Waals surface area contributed by atoms with E-state index in [-0.39, 0.29) is 0 Å². The van der Waals surface area contributed by atoms with Crippen molar-refractivity contribution in [1.82, 2.24) is 35.1 Å². The van der Waals surface area contributed by atoms with Crippen LogP contribution >= 0.6 is 0 Å². The molecule has 0 saturated carbocycles. The number of pyridine rings is 1. The zero-order chi connectivity index (χ0) is 24.7. The Bertz CT molecular complexity index is 2200. The molecule has 0 fully saturated rings.